The predicted molar refractivity (Wildman–Crippen MR) is 154 cm³/mol. The van der Waals surface area contributed by atoms with Crippen LogP contribution in [0.5, 0.6) is 0 Å². The predicted octanol–water partition coefficient (Wildman–Crippen LogP) is 4.46. The van der Waals surface area contributed by atoms with Crippen molar-refractivity contribution in [2.75, 3.05) is 6.61 Å². The van der Waals surface area contributed by atoms with Crippen LogP contribution in [0.15, 0.2) is 55.4 Å². The molecule has 2 aromatic carbocycles. The monoisotopic (exact) mass is 596 g/mol. The second kappa shape index (κ2) is 13.8. The number of nitrogens with one attached hydrogen (secondary N) is 1. The molecule has 0 fully saturated rings. The number of aromatic carboxylic acids is 1. The van der Waals surface area contributed by atoms with E-state index in [9.17, 15) is 23.9 Å². The number of esters is 1. The van der Waals surface area contributed by atoms with Gasteiger partial charge >= 0.3 is 11.9 Å². The highest BCUT2D eigenvalue weighted by atomic mass is 35.5. The number of amides is 1. The minimum Gasteiger partial charge on any atom is -0.477 e. The summed E-state index contributed by atoms with van der Waals surface area (Å²) >= 11 is 5.46. The lowest BCUT2D eigenvalue weighted by Crippen LogP contribution is -2.29. The van der Waals surface area contributed by atoms with Crippen LogP contribution in [0, 0.1) is 12.7 Å². The molecule has 0 bridgehead atoms. The minimum atomic E-state index is -1.27. The Morgan fingerprint density at radius 2 is 2.05 bits per heavy atom. The van der Waals surface area contributed by atoms with Crippen molar-refractivity contribution in [3.05, 3.63) is 105 Å². The first-order chi connectivity index (χ1) is 19.6. The molecular weight excluding hydrogens is 567 g/mol. The van der Waals surface area contributed by atoms with Crippen LogP contribution in [0.4, 0.5) is 4.39 Å². The van der Waals surface area contributed by atoms with Crippen molar-refractivity contribution in [2.45, 2.75) is 39.8 Å². The van der Waals surface area contributed by atoms with E-state index in [1.807, 2.05) is 13.0 Å². The Morgan fingerprint density at radius 1 is 1.29 bits per heavy atom. The van der Waals surface area contributed by atoms with Crippen molar-refractivity contribution < 1.29 is 28.6 Å². The van der Waals surface area contributed by atoms with E-state index in [2.05, 4.69) is 27.0 Å². The van der Waals surface area contributed by atoms with Crippen molar-refractivity contribution in [1.29, 1.82) is 0 Å². The number of ether oxygens (including phenoxy) is 1. The van der Waals surface area contributed by atoms with Crippen molar-refractivity contribution >= 4 is 35.2 Å². The Kier molecular flexibility index (Phi) is 10.5. The Labute approximate surface area is 246 Å². The summed E-state index contributed by atoms with van der Waals surface area (Å²) in [6, 6.07) is 8.82. The number of carboxylic acid groups (broad SMARTS) is 1. The summed E-state index contributed by atoms with van der Waals surface area (Å²) in [4.78, 5) is 44.3. The molecule has 0 radical (unpaired) electrons. The number of carboxylic acids is 1. The number of rotatable bonds is 7. The Bertz CT molecular complexity index is 1660. The van der Waals surface area contributed by atoms with Gasteiger partial charge in [-0.15, -0.1) is 0 Å². The molecule has 13 heteroatoms. The molecule has 5 rings (SSSR count). The van der Waals surface area contributed by atoms with Gasteiger partial charge in [0.2, 0.25) is 0 Å². The third-order valence-corrected chi connectivity index (χ3v) is 6.76. The summed E-state index contributed by atoms with van der Waals surface area (Å²) in [5.74, 6) is -2.56. The third-order valence-electron chi connectivity index (χ3n) is 6.47. The van der Waals surface area contributed by atoms with E-state index in [1.165, 1.54) is 35.1 Å². The summed E-state index contributed by atoms with van der Waals surface area (Å²) in [7, 11) is 0. The molecule has 0 saturated heterocycles. The van der Waals surface area contributed by atoms with Crippen molar-refractivity contribution in [1.82, 2.24) is 24.9 Å². The number of hydrogen-bond donors (Lipinski definition) is 3. The van der Waals surface area contributed by atoms with E-state index < -0.39 is 23.7 Å². The van der Waals surface area contributed by atoms with Gasteiger partial charge in [-0.3, -0.25) is 4.79 Å². The Balaban J connectivity index is 0.000000374. The molecule has 2 heterocycles. The van der Waals surface area contributed by atoms with E-state index in [-0.39, 0.29) is 42.3 Å². The van der Waals surface area contributed by atoms with E-state index in [0.717, 1.165) is 22.3 Å². The fraction of sp³-hybridized carbons (Fsp3) is 0.241. The molecule has 220 valence electrons. The topological polar surface area (TPSA) is 162 Å². The molecule has 1 aliphatic carbocycles. The standard InChI is InChI=1S/C21H19N5O5.C7H7ClFN.CH4/c1-3-8-31-20(30)13-4-5-14-12(11(13)2)6-7-15(14)24-18(27)17-9-16(19(28)29)25-21-22-10-23-26(17)21;8-6-3-5(4-10)1-2-7(6)9;/h3-5,9-10,15H,1,6-8H2,2H3,(H,24,27)(H,28,29);1-3H,4,10H2;1H4/t15-;;/m0../s1. The number of benzene rings is 2. The van der Waals surface area contributed by atoms with Gasteiger partial charge < -0.3 is 20.9 Å². The van der Waals surface area contributed by atoms with Crippen LogP contribution in [-0.2, 0) is 17.7 Å². The van der Waals surface area contributed by atoms with Crippen LogP contribution < -0.4 is 11.1 Å². The molecule has 42 heavy (non-hydrogen) atoms. The van der Waals surface area contributed by atoms with Crippen LogP contribution >= 0.6 is 11.6 Å². The summed E-state index contributed by atoms with van der Waals surface area (Å²) in [6.07, 6.45) is 4.04. The normalized spacial score (nSPS) is 13.3. The average molecular weight is 597 g/mol. The van der Waals surface area contributed by atoms with Gasteiger partial charge in [-0.2, -0.15) is 14.6 Å². The molecule has 2 aromatic heterocycles. The van der Waals surface area contributed by atoms with Gasteiger partial charge in [0, 0.05) is 12.6 Å². The number of nitrogens with zero attached hydrogens (tertiary/aromatic N) is 4. The highest BCUT2D eigenvalue weighted by Gasteiger charge is 2.29. The molecule has 11 nitrogen and oxygen atoms in total. The summed E-state index contributed by atoms with van der Waals surface area (Å²) < 4.78 is 18.8. The Hall–Kier alpha value is -4.68. The molecular formula is C29H30ClFN6O5. The molecule has 4 aromatic rings. The van der Waals surface area contributed by atoms with E-state index in [0.29, 0.717) is 24.9 Å². The number of carbonyl (C=O) groups is 3. The lowest BCUT2D eigenvalue weighted by molar-refractivity contribution is 0.0548. The number of halogens is 2. The van der Waals surface area contributed by atoms with Crippen LogP contribution in [0.25, 0.3) is 5.78 Å². The number of hydrogen-bond acceptors (Lipinski definition) is 8. The SMILES string of the molecule is C.C=CCOC(=O)c1ccc2c(c1C)CC[C@@H]2NC(=O)c1cc(C(=O)O)nc2ncnn12.NCc1ccc(F)c(Cl)c1. The second-order valence-electron chi connectivity index (χ2n) is 9.01. The highest BCUT2D eigenvalue weighted by Crippen LogP contribution is 2.35. The largest absolute Gasteiger partial charge is 0.477 e. The maximum Gasteiger partial charge on any atom is 0.354 e. The van der Waals surface area contributed by atoms with Gasteiger partial charge in [0.05, 0.1) is 16.6 Å². The zero-order valence-corrected chi connectivity index (χ0v) is 22.7. The maximum absolute atomic E-state index is 13.0. The first-order valence-electron chi connectivity index (χ1n) is 12.4. The van der Waals surface area contributed by atoms with Crippen LogP contribution in [0.2, 0.25) is 5.02 Å². The second-order valence-corrected chi connectivity index (χ2v) is 9.42. The van der Waals surface area contributed by atoms with Gasteiger partial charge in [-0.25, -0.2) is 19.0 Å². The first kappa shape index (κ1) is 31.8. The molecule has 0 aliphatic heterocycles. The number of nitrogens with two attached hydrogens (primary N) is 1. The van der Waals surface area contributed by atoms with E-state index in [1.54, 1.807) is 12.1 Å². The molecule has 1 atom stereocenters. The van der Waals surface area contributed by atoms with Gasteiger partial charge in [0.25, 0.3) is 11.7 Å². The lowest BCUT2D eigenvalue weighted by atomic mass is 9.98. The molecule has 0 unspecified atom stereocenters. The van der Waals surface area contributed by atoms with Crippen molar-refractivity contribution in [2.24, 2.45) is 5.73 Å². The quantitative estimate of drug-likeness (QED) is 0.206. The van der Waals surface area contributed by atoms with E-state index >= 15 is 0 Å². The molecule has 0 spiro atoms. The Morgan fingerprint density at radius 3 is 2.71 bits per heavy atom. The summed E-state index contributed by atoms with van der Waals surface area (Å²) in [5, 5.41) is 16.3. The number of fused-ring (bicyclic) bond motifs is 2. The first-order valence-corrected chi connectivity index (χ1v) is 12.8. The minimum absolute atomic E-state index is 0. The van der Waals surface area contributed by atoms with Gasteiger partial charge in [0.15, 0.2) is 5.69 Å². The fourth-order valence-corrected chi connectivity index (χ4v) is 4.65. The smallest absolute Gasteiger partial charge is 0.354 e. The zero-order valence-electron chi connectivity index (χ0n) is 21.9. The summed E-state index contributed by atoms with van der Waals surface area (Å²) in [5.41, 5.74) is 9.06. The average Bonchev–Trinajstić information content (AvgIpc) is 3.60. The fourth-order valence-electron chi connectivity index (χ4n) is 4.45. The molecule has 1 amide bonds. The van der Waals surface area contributed by atoms with Crippen LogP contribution in [-0.4, -0.2) is 49.1 Å². The van der Waals surface area contributed by atoms with Crippen molar-refractivity contribution in [3.8, 4) is 0 Å². The van der Waals surface area contributed by atoms with Gasteiger partial charge in [-0.1, -0.05) is 43.8 Å². The highest BCUT2D eigenvalue weighted by molar-refractivity contribution is 6.30. The van der Waals surface area contributed by atoms with Crippen LogP contribution in [0.3, 0.4) is 0 Å². The summed E-state index contributed by atoms with van der Waals surface area (Å²) in [6.45, 7) is 5.91. The number of carbonyl (C=O) groups excluding carboxylic acids is 2. The molecule has 4 N–H and O–H groups in total. The lowest BCUT2D eigenvalue weighted by Gasteiger charge is -2.16. The van der Waals surface area contributed by atoms with Crippen LogP contribution in [0.1, 0.15) is 73.5 Å². The molecule has 0 saturated carbocycles. The van der Waals surface area contributed by atoms with Gasteiger partial charge in [0.1, 0.15) is 24.4 Å². The van der Waals surface area contributed by atoms with Gasteiger partial charge in [-0.05, 0) is 60.2 Å². The number of aromatic nitrogens is 4. The molecule has 1 aliphatic rings. The van der Waals surface area contributed by atoms with Crippen molar-refractivity contribution in [3.63, 3.8) is 0 Å². The van der Waals surface area contributed by atoms with E-state index in [4.69, 9.17) is 22.1 Å². The maximum atomic E-state index is 13.0. The zero-order chi connectivity index (χ0) is 29.7. The third kappa shape index (κ3) is 6.78.